The lowest BCUT2D eigenvalue weighted by molar-refractivity contribution is 0.481. The SMILES string of the molecule is Cc1ccc(NN2C=c3cc(-c4c(Cl)cccc4Cl)c(=O)n(C)c3=NC2)cc1. The van der Waals surface area contributed by atoms with Crippen LogP contribution in [0.1, 0.15) is 5.56 Å². The van der Waals surface area contributed by atoms with Gasteiger partial charge in [0.05, 0.1) is 21.3 Å². The van der Waals surface area contributed by atoms with Crippen molar-refractivity contribution in [1.29, 1.82) is 0 Å². The Balaban J connectivity index is 1.82. The van der Waals surface area contributed by atoms with Crippen LogP contribution in [-0.2, 0) is 7.05 Å². The highest BCUT2D eigenvalue weighted by molar-refractivity contribution is 6.39. The summed E-state index contributed by atoms with van der Waals surface area (Å²) in [5, 5.41) is 3.55. The molecule has 0 saturated carbocycles. The largest absolute Gasteiger partial charge is 0.297 e. The number of anilines is 1. The van der Waals surface area contributed by atoms with Crippen molar-refractivity contribution in [3.05, 3.63) is 85.2 Å². The van der Waals surface area contributed by atoms with Crippen LogP contribution < -0.4 is 21.7 Å². The van der Waals surface area contributed by atoms with Crippen molar-refractivity contribution >= 4 is 35.1 Å². The number of hydrazine groups is 1. The van der Waals surface area contributed by atoms with Crippen LogP contribution in [-0.4, -0.2) is 16.2 Å². The van der Waals surface area contributed by atoms with E-state index in [1.807, 2.05) is 42.4 Å². The van der Waals surface area contributed by atoms with Crippen LogP contribution in [0.4, 0.5) is 5.69 Å². The second kappa shape index (κ2) is 7.34. The van der Waals surface area contributed by atoms with Gasteiger partial charge in [-0.25, -0.2) is 4.99 Å². The van der Waals surface area contributed by atoms with E-state index >= 15 is 0 Å². The molecule has 5 nitrogen and oxygen atoms in total. The van der Waals surface area contributed by atoms with Gasteiger partial charge in [0, 0.05) is 24.0 Å². The maximum absolute atomic E-state index is 12.9. The Morgan fingerprint density at radius 2 is 1.75 bits per heavy atom. The molecule has 4 rings (SSSR count). The summed E-state index contributed by atoms with van der Waals surface area (Å²) in [6, 6.07) is 15.1. The predicted molar refractivity (Wildman–Crippen MR) is 114 cm³/mol. The van der Waals surface area contributed by atoms with Crippen molar-refractivity contribution in [3.63, 3.8) is 0 Å². The zero-order chi connectivity index (χ0) is 19.8. The van der Waals surface area contributed by atoms with E-state index in [0.29, 0.717) is 33.3 Å². The molecule has 1 aromatic heterocycles. The quantitative estimate of drug-likeness (QED) is 0.717. The van der Waals surface area contributed by atoms with Gasteiger partial charge in [-0.15, -0.1) is 0 Å². The maximum Gasteiger partial charge on any atom is 0.259 e. The highest BCUT2D eigenvalue weighted by Crippen LogP contribution is 2.31. The molecule has 0 bridgehead atoms. The van der Waals surface area contributed by atoms with E-state index in [2.05, 4.69) is 10.4 Å². The summed E-state index contributed by atoms with van der Waals surface area (Å²) in [6.45, 7) is 2.44. The molecular weight excluding hydrogens is 395 g/mol. The van der Waals surface area contributed by atoms with Crippen molar-refractivity contribution in [3.8, 4) is 11.1 Å². The number of benzene rings is 2. The van der Waals surface area contributed by atoms with E-state index in [-0.39, 0.29) is 5.56 Å². The van der Waals surface area contributed by atoms with Crippen molar-refractivity contribution < 1.29 is 0 Å². The fourth-order valence-electron chi connectivity index (χ4n) is 3.19. The molecule has 0 amide bonds. The number of aromatic nitrogens is 1. The summed E-state index contributed by atoms with van der Waals surface area (Å²) in [5.74, 6) is 0. The van der Waals surface area contributed by atoms with Gasteiger partial charge in [0.2, 0.25) is 0 Å². The molecule has 0 unspecified atom stereocenters. The average Bonchev–Trinajstić information content (AvgIpc) is 2.67. The number of nitrogens with one attached hydrogen (secondary N) is 1. The number of halogens is 2. The van der Waals surface area contributed by atoms with Crippen LogP contribution >= 0.6 is 23.2 Å². The number of rotatable bonds is 3. The van der Waals surface area contributed by atoms with E-state index < -0.39 is 0 Å². The van der Waals surface area contributed by atoms with Crippen molar-refractivity contribution in [1.82, 2.24) is 9.58 Å². The molecule has 0 fully saturated rings. The first kappa shape index (κ1) is 18.6. The smallest absolute Gasteiger partial charge is 0.259 e. The first-order chi connectivity index (χ1) is 13.4. The minimum atomic E-state index is -0.189. The molecule has 2 aromatic carbocycles. The van der Waals surface area contributed by atoms with Crippen LogP contribution in [0.3, 0.4) is 0 Å². The van der Waals surface area contributed by atoms with Gasteiger partial charge < -0.3 is 0 Å². The second-order valence-electron chi connectivity index (χ2n) is 6.67. The molecule has 28 heavy (non-hydrogen) atoms. The highest BCUT2D eigenvalue weighted by atomic mass is 35.5. The second-order valence-corrected chi connectivity index (χ2v) is 7.49. The first-order valence-electron chi connectivity index (χ1n) is 8.75. The minimum absolute atomic E-state index is 0.189. The van der Waals surface area contributed by atoms with Gasteiger partial charge in [0.25, 0.3) is 5.56 Å². The molecule has 0 aliphatic carbocycles. The third-order valence-electron chi connectivity index (χ3n) is 4.63. The van der Waals surface area contributed by atoms with Crippen LogP contribution in [0.2, 0.25) is 10.0 Å². The van der Waals surface area contributed by atoms with Gasteiger partial charge in [-0.05, 0) is 37.3 Å². The monoisotopic (exact) mass is 412 g/mol. The lowest BCUT2D eigenvalue weighted by Crippen LogP contribution is -2.47. The summed E-state index contributed by atoms with van der Waals surface area (Å²) < 4.78 is 1.53. The molecule has 7 heteroatoms. The summed E-state index contributed by atoms with van der Waals surface area (Å²) in [6.07, 6.45) is 1.93. The van der Waals surface area contributed by atoms with E-state index in [1.165, 1.54) is 10.1 Å². The number of aryl methyl sites for hydroxylation is 1. The molecule has 0 radical (unpaired) electrons. The molecule has 3 aromatic rings. The molecule has 1 aliphatic heterocycles. The molecule has 1 aliphatic rings. The van der Waals surface area contributed by atoms with Gasteiger partial charge in [-0.3, -0.25) is 19.8 Å². The third-order valence-corrected chi connectivity index (χ3v) is 5.26. The molecule has 2 heterocycles. The Bertz CT molecular complexity index is 1210. The van der Waals surface area contributed by atoms with E-state index in [1.54, 1.807) is 31.3 Å². The molecule has 0 saturated heterocycles. The number of hydrogen-bond donors (Lipinski definition) is 1. The van der Waals surface area contributed by atoms with Crippen LogP contribution in [0, 0.1) is 6.92 Å². The summed E-state index contributed by atoms with van der Waals surface area (Å²) in [5.41, 5.74) is 6.87. The number of nitrogens with zero attached hydrogens (tertiary/aromatic N) is 3. The molecule has 1 N–H and O–H groups in total. The predicted octanol–water partition coefficient (Wildman–Crippen LogP) is 3.33. The Morgan fingerprint density at radius 3 is 2.43 bits per heavy atom. The zero-order valence-corrected chi connectivity index (χ0v) is 16.9. The average molecular weight is 413 g/mol. The highest BCUT2D eigenvalue weighted by Gasteiger charge is 2.16. The number of fused-ring (bicyclic) bond motifs is 1. The fraction of sp³-hybridized carbons (Fsp3) is 0.143. The van der Waals surface area contributed by atoms with Gasteiger partial charge >= 0.3 is 0 Å². The molecule has 142 valence electrons. The number of pyridine rings is 1. The van der Waals surface area contributed by atoms with Gasteiger partial charge in [0.1, 0.15) is 12.2 Å². The van der Waals surface area contributed by atoms with Crippen LogP contribution in [0.5, 0.6) is 0 Å². The number of hydrogen-bond acceptors (Lipinski definition) is 4. The van der Waals surface area contributed by atoms with Gasteiger partial charge in [0.15, 0.2) is 0 Å². The summed E-state index contributed by atoms with van der Waals surface area (Å²) in [4.78, 5) is 17.4. The van der Waals surface area contributed by atoms with Crippen LogP contribution in [0.25, 0.3) is 17.3 Å². The zero-order valence-electron chi connectivity index (χ0n) is 15.4. The normalized spacial score (nSPS) is 12.8. The Hall–Kier alpha value is -2.76. The van der Waals surface area contributed by atoms with Crippen molar-refractivity contribution in [2.45, 2.75) is 6.92 Å². The lowest BCUT2D eigenvalue weighted by atomic mass is 10.1. The summed E-state index contributed by atoms with van der Waals surface area (Å²) in [7, 11) is 1.70. The molecular formula is C21H18Cl2N4O. The van der Waals surface area contributed by atoms with Gasteiger partial charge in [-0.2, -0.15) is 0 Å². The topological polar surface area (TPSA) is 49.6 Å². The molecule has 0 spiro atoms. The van der Waals surface area contributed by atoms with Crippen molar-refractivity contribution in [2.75, 3.05) is 12.1 Å². The Labute approximate surface area is 172 Å². The standard InChI is InChI=1S/C21H18Cl2N4O/c1-13-6-8-15(9-7-13)25-27-11-14-10-16(19-17(22)4-3-5-18(19)23)21(28)26(2)20(14)24-12-27/h3-11,25H,12H2,1-2H3. The van der Waals surface area contributed by atoms with Gasteiger partial charge in [-0.1, -0.05) is 47.0 Å². The lowest BCUT2D eigenvalue weighted by Gasteiger charge is -2.23. The fourth-order valence-corrected chi connectivity index (χ4v) is 3.79. The van der Waals surface area contributed by atoms with Crippen molar-refractivity contribution in [2.24, 2.45) is 12.0 Å². The minimum Gasteiger partial charge on any atom is -0.297 e. The van der Waals surface area contributed by atoms with E-state index in [9.17, 15) is 4.79 Å². The maximum atomic E-state index is 12.9. The summed E-state index contributed by atoms with van der Waals surface area (Å²) >= 11 is 12.7. The molecule has 0 atom stereocenters. The first-order valence-corrected chi connectivity index (χ1v) is 9.50. The van der Waals surface area contributed by atoms with Crippen LogP contribution in [0.15, 0.2) is 58.3 Å². The Morgan fingerprint density at radius 1 is 1.07 bits per heavy atom. The Kier molecular flexibility index (Phi) is 4.87. The third kappa shape index (κ3) is 3.39. The van der Waals surface area contributed by atoms with E-state index in [0.717, 1.165) is 10.9 Å². The van der Waals surface area contributed by atoms with E-state index in [4.69, 9.17) is 23.2 Å².